The molecule has 242 valence electrons. The van der Waals surface area contributed by atoms with Crippen LogP contribution in [-0.4, -0.2) is 75.5 Å². The van der Waals surface area contributed by atoms with E-state index in [1.807, 2.05) is 29.1 Å². The van der Waals surface area contributed by atoms with Gasteiger partial charge < -0.3 is 19.6 Å². The largest absolute Gasteiger partial charge is 0.490 e. The lowest BCUT2D eigenvalue weighted by molar-refractivity contribution is -0.129. The van der Waals surface area contributed by atoms with Gasteiger partial charge in [0.05, 0.1) is 36.1 Å². The minimum absolute atomic E-state index is 0.0312. The summed E-state index contributed by atoms with van der Waals surface area (Å²) in [4.78, 5) is 21.9. The number of amides is 1. The van der Waals surface area contributed by atoms with E-state index in [1.54, 1.807) is 4.90 Å². The molecule has 0 radical (unpaired) electrons. The van der Waals surface area contributed by atoms with E-state index in [2.05, 4.69) is 36.7 Å². The molecule has 47 heavy (non-hydrogen) atoms. The average molecular weight is 656 g/mol. The third kappa shape index (κ3) is 5.62. The predicted molar refractivity (Wildman–Crippen MR) is 179 cm³/mol. The van der Waals surface area contributed by atoms with Crippen LogP contribution in [0.25, 0.3) is 43.9 Å². The second-order valence-electron chi connectivity index (χ2n) is 12.1. The molecule has 11 heteroatoms. The third-order valence-electron chi connectivity index (χ3n) is 9.19. The Morgan fingerprint density at radius 1 is 1.06 bits per heavy atom. The van der Waals surface area contributed by atoms with E-state index < -0.39 is 11.6 Å². The van der Waals surface area contributed by atoms with Crippen LogP contribution >= 0.6 is 11.3 Å². The summed E-state index contributed by atoms with van der Waals surface area (Å²) in [7, 11) is 2.14. The number of carbonyl (C=O) groups excluding carboxylic acids is 1. The number of rotatable bonds is 7. The summed E-state index contributed by atoms with van der Waals surface area (Å²) in [5.41, 5.74) is 6.50. The number of aliphatic hydroxyl groups is 1. The first kappa shape index (κ1) is 31.2. The van der Waals surface area contributed by atoms with Gasteiger partial charge in [-0.05, 0) is 67.6 Å². The summed E-state index contributed by atoms with van der Waals surface area (Å²) in [6.07, 6.45) is 3.21. The van der Waals surface area contributed by atoms with Gasteiger partial charge in [0, 0.05) is 53.0 Å². The van der Waals surface area contributed by atoms with Crippen LogP contribution in [0.4, 0.5) is 8.78 Å². The maximum absolute atomic E-state index is 16.0. The Morgan fingerprint density at radius 3 is 2.66 bits per heavy atom. The number of aliphatic hydroxyl groups excluding tert-OH is 1. The molecule has 0 saturated heterocycles. The molecule has 0 aliphatic carbocycles. The molecule has 0 bridgehead atoms. The van der Waals surface area contributed by atoms with Crippen molar-refractivity contribution in [2.24, 2.45) is 0 Å². The highest BCUT2D eigenvalue weighted by molar-refractivity contribution is 7.18. The van der Waals surface area contributed by atoms with E-state index in [1.165, 1.54) is 28.5 Å². The van der Waals surface area contributed by atoms with Crippen molar-refractivity contribution in [1.82, 2.24) is 24.6 Å². The number of ether oxygens (including phenoxy) is 1. The fourth-order valence-electron chi connectivity index (χ4n) is 6.74. The van der Waals surface area contributed by atoms with Crippen LogP contribution in [-0.2, 0) is 24.2 Å². The fourth-order valence-corrected chi connectivity index (χ4v) is 7.69. The van der Waals surface area contributed by atoms with Crippen LogP contribution < -0.4 is 4.74 Å². The molecule has 0 saturated carbocycles. The maximum Gasteiger partial charge on any atom is 0.246 e. The number of thiophene rings is 1. The summed E-state index contributed by atoms with van der Waals surface area (Å²) < 4.78 is 38.9. The number of hydrogen-bond donors (Lipinski definition) is 1. The number of hydrogen-bond acceptors (Lipinski definition) is 7. The van der Waals surface area contributed by atoms with Gasteiger partial charge in [-0.1, -0.05) is 18.7 Å². The number of carbonyl (C=O) groups is 1. The van der Waals surface area contributed by atoms with Crippen LogP contribution in [0.2, 0.25) is 0 Å². The second-order valence-corrected chi connectivity index (χ2v) is 13.0. The first-order valence-electron chi connectivity index (χ1n) is 15.7. The number of likely N-dealkylation sites (N-methyl/N-ethyl adjacent to an activating group) is 1. The molecule has 2 aromatic carbocycles. The average Bonchev–Trinajstić information content (AvgIpc) is 3.69. The predicted octanol–water partition coefficient (Wildman–Crippen LogP) is 6.26. The molecular weight excluding hydrogens is 620 g/mol. The van der Waals surface area contributed by atoms with Crippen molar-refractivity contribution < 1.29 is 23.4 Å². The number of benzene rings is 2. The molecule has 5 aromatic rings. The van der Waals surface area contributed by atoms with Crippen molar-refractivity contribution in [3.8, 4) is 39.5 Å². The van der Waals surface area contributed by atoms with E-state index in [0.29, 0.717) is 30.0 Å². The van der Waals surface area contributed by atoms with Gasteiger partial charge in [-0.25, -0.2) is 13.8 Å². The number of fused-ring (bicyclic) bond motifs is 3. The van der Waals surface area contributed by atoms with Gasteiger partial charge in [-0.3, -0.25) is 9.48 Å². The molecule has 1 atom stereocenters. The van der Waals surface area contributed by atoms with E-state index in [-0.39, 0.29) is 36.5 Å². The molecule has 1 N–H and O–H groups in total. The number of nitrogens with zero attached hydrogens (tertiary/aromatic N) is 5. The SMILES string of the molecule is C=CC(=O)N1CCn2nc(-c3nc(-c4ccc5c(c4)CCN(C)CC5)c4ccsc4c3-c3c(F)cc(F)cc3OCCO)cc2C1C. The Labute approximate surface area is 275 Å². The van der Waals surface area contributed by atoms with Gasteiger partial charge in [-0.15, -0.1) is 11.3 Å². The monoisotopic (exact) mass is 655 g/mol. The molecule has 8 nitrogen and oxygen atoms in total. The van der Waals surface area contributed by atoms with Crippen molar-refractivity contribution in [2.45, 2.75) is 32.4 Å². The molecule has 2 aliphatic heterocycles. The van der Waals surface area contributed by atoms with Crippen LogP contribution in [0.3, 0.4) is 0 Å². The maximum atomic E-state index is 16.0. The Hall–Kier alpha value is -4.45. The first-order valence-corrected chi connectivity index (χ1v) is 16.6. The minimum atomic E-state index is -0.808. The smallest absolute Gasteiger partial charge is 0.246 e. The highest BCUT2D eigenvalue weighted by Crippen LogP contribution is 2.47. The summed E-state index contributed by atoms with van der Waals surface area (Å²) in [5.74, 6) is -1.79. The molecule has 2 aliphatic rings. The Kier molecular flexibility index (Phi) is 8.37. The van der Waals surface area contributed by atoms with Crippen molar-refractivity contribution in [3.63, 3.8) is 0 Å². The lowest BCUT2D eigenvalue weighted by atomic mass is 9.94. The number of pyridine rings is 1. The molecular formula is C36H35F2N5O3S. The highest BCUT2D eigenvalue weighted by atomic mass is 32.1. The Balaban J connectivity index is 1.48. The van der Waals surface area contributed by atoms with Gasteiger partial charge in [0.2, 0.25) is 5.91 Å². The van der Waals surface area contributed by atoms with Crippen LogP contribution in [0.1, 0.15) is 29.8 Å². The summed E-state index contributed by atoms with van der Waals surface area (Å²) >= 11 is 1.44. The standard InChI is InChI=1S/C36H35F2N5O3S/c1-4-31(45)42-12-13-43-29(21(42)2)20-28(40-43)35-33(32-27(38)18-25(37)19-30(32)46-15-14-44)36-26(9-16-47-36)34(39-35)24-6-5-22-7-10-41(3)11-8-23(22)17-24/h4-6,9,16-21,44H,1,7-8,10-15H2,2-3H3. The zero-order chi connectivity index (χ0) is 32.8. The van der Waals surface area contributed by atoms with Crippen LogP contribution in [0.15, 0.2) is 60.5 Å². The molecule has 7 rings (SSSR count). The highest BCUT2D eigenvalue weighted by Gasteiger charge is 2.31. The van der Waals surface area contributed by atoms with Gasteiger partial charge in [0.1, 0.15) is 35.4 Å². The van der Waals surface area contributed by atoms with Gasteiger partial charge in [0.25, 0.3) is 0 Å². The molecule has 5 heterocycles. The van der Waals surface area contributed by atoms with Crippen molar-refractivity contribution in [3.05, 3.63) is 89.0 Å². The molecule has 0 fully saturated rings. The van der Waals surface area contributed by atoms with Crippen molar-refractivity contribution in [2.75, 3.05) is 39.9 Å². The molecule has 3 aromatic heterocycles. The van der Waals surface area contributed by atoms with E-state index in [0.717, 1.165) is 65.1 Å². The topological polar surface area (TPSA) is 83.7 Å². The lowest BCUT2D eigenvalue weighted by Crippen LogP contribution is -2.40. The quantitative estimate of drug-likeness (QED) is 0.209. The second kappa shape index (κ2) is 12.6. The van der Waals surface area contributed by atoms with Gasteiger partial charge in [-0.2, -0.15) is 5.10 Å². The van der Waals surface area contributed by atoms with Crippen LogP contribution in [0, 0.1) is 11.6 Å². The van der Waals surface area contributed by atoms with Crippen molar-refractivity contribution >= 4 is 27.3 Å². The van der Waals surface area contributed by atoms with Crippen LogP contribution in [0.5, 0.6) is 5.75 Å². The summed E-state index contributed by atoms with van der Waals surface area (Å²) in [6.45, 7) is 8.03. The first-order chi connectivity index (χ1) is 22.8. The normalized spacial score (nSPS) is 16.5. The Morgan fingerprint density at radius 2 is 1.87 bits per heavy atom. The van der Waals surface area contributed by atoms with Gasteiger partial charge >= 0.3 is 0 Å². The summed E-state index contributed by atoms with van der Waals surface area (Å²) in [6, 6.07) is 12.0. The zero-order valence-corrected chi connectivity index (χ0v) is 27.1. The number of halogens is 2. The molecule has 0 spiro atoms. The fraction of sp³-hybridized carbons (Fsp3) is 0.306. The van der Waals surface area contributed by atoms with E-state index in [4.69, 9.17) is 14.8 Å². The van der Waals surface area contributed by atoms with E-state index >= 15 is 4.39 Å². The van der Waals surface area contributed by atoms with Crippen molar-refractivity contribution in [1.29, 1.82) is 0 Å². The zero-order valence-electron chi connectivity index (χ0n) is 26.3. The minimum Gasteiger partial charge on any atom is -0.490 e. The lowest BCUT2D eigenvalue weighted by Gasteiger charge is -2.33. The number of aromatic nitrogens is 3. The molecule has 1 amide bonds. The Bertz CT molecular complexity index is 2020. The molecule has 1 unspecified atom stereocenters. The van der Waals surface area contributed by atoms with Gasteiger partial charge in [0.15, 0.2) is 0 Å². The summed E-state index contributed by atoms with van der Waals surface area (Å²) in [5, 5.41) is 17.2. The van der Waals surface area contributed by atoms with E-state index in [9.17, 15) is 14.3 Å². The third-order valence-corrected chi connectivity index (χ3v) is 10.1.